The number of anilines is 1. The lowest BCUT2D eigenvalue weighted by atomic mass is 10.0. The van der Waals surface area contributed by atoms with E-state index in [1.165, 1.54) is 0 Å². The summed E-state index contributed by atoms with van der Waals surface area (Å²) in [4.78, 5) is 25.6. The van der Waals surface area contributed by atoms with E-state index in [-0.39, 0.29) is 17.6 Å². The molecule has 1 aromatic heterocycles. The third kappa shape index (κ3) is 3.31. The van der Waals surface area contributed by atoms with Crippen molar-refractivity contribution < 1.29 is 9.59 Å². The predicted molar refractivity (Wildman–Crippen MR) is 106 cm³/mol. The van der Waals surface area contributed by atoms with Crippen LogP contribution < -0.4 is 5.32 Å². The maximum Gasteiger partial charge on any atom is 0.233 e. The second-order valence-corrected chi connectivity index (χ2v) is 7.20. The number of rotatable bonds is 4. The summed E-state index contributed by atoms with van der Waals surface area (Å²) in [5.74, 6) is -0.254. The second-order valence-electron chi connectivity index (χ2n) is 7.20. The van der Waals surface area contributed by atoms with Crippen LogP contribution in [0.15, 0.2) is 60.7 Å². The van der Waals surface area contributed by atoms with Crippen molar-refractivity contribution in [2.75, 3.05) is 5.32 Å². The quantitative estimate of drug-likeness (QED) is 0.700. The van der Waals surface area contributed by atoms with E-state index in [4.69, 9.17) is 0 Å². The molecule has 1 aliphatic heterocycles. The van der Waals surface area contributed by atoms with Crippen molar-refractivity contribution in [3.8, 4) is 0 Å². The summed E-state index contributed by atoms with van der Waals surface area (Å²) in [6, 6.07) is 19.0. The Kier molecular flexibility index (Phi) is 4.40. The van der Waals surface area contributed by atoms with Crippen LogP contribution in [-0.2, 0) is 11.3 Å². The first kappa shape index (κ1) is 17.3. The van der Waals surface area contributed by atoms with E-state index >= 15 is 0 Å². The molecule has 1 N–H and O–H groups in total. The fraction of sp³-hybridized carbons (Fsp3) is 0.217. The first-order valence-electron chi connectivity index (χ1n) is 9.21. The van der Waals surface area contributed by atoms with Gasteiger partial charge in [-0.25, -0.2) is 0 Å². The largest absolute Gasteiger partial charge is 0.341 e. The zero-order chi connectivity index (χ0) is 19.0. The molecule has 2 aromatic carbocycles. The molecule has 0 aliphatic carbocycles. The maximum atomic E-state index is 12.8. The van der Waals surface area contributed by atoms with E-state index in [0.29, 0.717) is 24.2 Å². The average molecular weight is 358 g/mol. The van der Waals surface area contributed by atoms with Crippen molar-refractivity contribution in [1.29, 1.82) is 0 Å². The fourth-order valence-electron chi connectivity index (χ4n) is 3.92. The molecule has 0 fully saturated rings. The molecule has 4 rings (SSSR count). The Morgan fingerprint density at radius 3 is 2.37 bits per heavy atom. The van der Waals surface area contributed by atoms with E-state index in [1.807, 2.05) is 73.0 Å². The Hall–Kier alpha value is -3.14. The summed E-state index contributed by atoms with van der Waals surface area (Å²) >= 11 is 0. The molecule has 4 nitrogen and oxygen atoms in total. The highest BCUT2D eigenvalue weighted by Gasteiger charge is 2.32. The molecule has 1 aliphatic rings. The molecule has 0 bridgehead atoms. The standard InChI is InChI=1S/C23H22N2O2/c1-15-12-16(2)14-18(13-15)24-23(27)19-10-11-25-20(19)8-9-21(25)22(26)17-6-4-3-5-7-17/h3-9,12-14,19H,10-11H2,1-2H3,(H,24,27). The number of ketones is 1. The van der Waals surface area contributed by atoms with Gasteiger partial charge in [-0.2, -0.15) is 0 Å². The molecular formula is C23H22N2O2. The second kappa shape index (κ2) is 6.88. The summed E-state index contributed by atoms with van der Waals surface area (Å²) in [7, 11) is 0. The van der Waals surface area contributed by atoms with Gasteiger partial charge in [-0.15, -0.1) is 0 Å². The molecule has 27 heavy (non-hydrogen) atoms. The molecule has 136 valence electrons. The van der Waals surface area contributed by atoms with Crippen molar-refractivity contribution in [3.05, 3.63) is 88.7 Å². The van der Waals surface area contributed by atoms with Crippen molar-refractivity contribution in [3.63, 3.8) is 0 Å². The van der Waals surface area contributed by atoms with Crippen LogP contribution in [-0.4, -0.2) is 16.3 Å². The maximum absolute atomic E-state index is 12.8. The van der Waals surface area contributed by atoms with Gasteiger partial charge in [-0.05, 0) is 55.7 Å². The lowest BCUT2D eigenvalue weighted by molar-refractivity contribution is -0.117. The smallest absolute Gasteiger partial charge is 0.233 e. The van der Waals surface area contributed by atoms with Crippen LogP contribution in [0.1, 0.15) is 45.2 Å². The number of nitrogens with zero attached hydrogens (tertiary/aromatic N) is 1. The van der Waals surface area contributed by atoms with Gasteiger partial charge in [0, 0.05) is 23.5 Å². The third-order valence-electron chi connectivity index (χ3n) is 5.09. The monoisotopic (exact) mass is 358 g/mol. The molecule has 3 aromatic rings. The number of nitrogens with one attached hydrogen (secondary N) is 1. The summed E-state index contributed by atoms with van der Waals surface area (Å²) in [5, 5.41) is 3.04. The van der Waals surface area contributed by atoms with E-state index in [9.17, 15) is 9.59 Å². The van der Waals surface area contributed by atoms with Gasteiger partial charge in [0.2, 0.25) is 11.7 Å². The lowest BCUT2D eigenvalue weighted by Crippen LogP contribution is -2.19. The molecule has 2 heterocycles. The number of hydrogen-bond acceptors (Lipinski definition) is 2. The molecule has 4 heteroatoms. The van der Waals surface area contributed by atoms with Crippen LogP contribution in [0.2, 0.25) is 0 Å². The van der Waals surface area contributed by atoms with Gasteiger partial charge in [-0.1, -0.05) is 36.4 Å². The number of amides is 1. The highest BCUT2D eigenvalue weighted by Crippen LogP contribution is 2.32. The first-order valence-corrected chi connectivity index (χ1v) is 9.21. The van der Waals surface area contributed by atoms with E-state index in [1.54, 1.807) is 0 Å². The van der Waals surface area contributed by atoms with Crippen LogP contribution in [0.4, 0.5) is 5.69 Å². The number of carbonyl (C=O) groups is 2. The minimum atomic E-state index is -0.233. The zero-order valence-corrected chi connectivity index (χ0v) is 15.5. The van der Waals surface area contributed by atoms with Crippen molar-refractivity contribution >= 4 is 17.4 Å². The van der Waals surface area contributed by atoms with Gasteiger partial charge >= 0.3 is 0 Å². The van der Waals surface area contributed by atoms with Crippen molar-refractivity contribution in [2.45, 2.75) is 32.7 Å². The number of fused-ring (bicyclic) bond motifs is 1. The van der Waals surface area contributed by atoms with Crippen LogP contribution >= 0.6 is 0 Å². The van der Waals surface area contributed by atoms with E-state index in [0.717, 1.165) is 22.5 Å². The van der Waals surface area contributed by atoms with Gasteiger partial charge < -0.3 is 9.88 Å². The van der Waals surface area contributed by atoms with Gasteiger partial charge in [0.05, 0.1) is 11.6 Å². The van der Waals surface area contributed by atoms with Gasteiger partial charge in [0.25, 0.3) is 0 Å². The number of hydrogen-bond donors (Lipinski definition) is 1. The Balaban J connectivity index is 1.56. The fourth-order valence-corrected chi connectivity index (χ4v) is 3.92. The van der Waals surface area contributed by atoms with Crippen LogP contribution in [0, 0.1) is 13.8 Å². The summed E-state index contributed by atoms with van der Waals surface area (Å²) < 4.78 is 1.99. The zero-order valence-electron chi connectivity index (χ0n) is 15.5. The van der Waals surface area contributed by atoms with Crippen LogP contribution in [0.5, 0.6) is 0 Å². The Bertz CT molecular complexity index is 998. The molecule has 1 amide bonds. The highest BCUT2D eigenvalue weighted by atomic mass is 16.2. The molecule has 0 spiro atoms. The van der Waals surface area contributed by atoms with Crippen LogP contribution in [0.25, 0.3) is 0 Å². The minimum absolute atomic E-state index is 0.00258. The summed E-state index contributed by atoms with van der Waals surface area (Å²) in [6.07, 6.45) is 0.710. The number of aryl methyl sites for hydroxylation is 2. The molecular weight excluding hydrogens is 336 g/mol. The lowest BCUT2D eigenvalue weighted by Gasteiger charge is -2.12. The minimum Gasteiger partial charge on any atom is -0.341 e. The number of aromatic nitrogens is 1. The Labute approximate surface area is 158 Å². The van der Waals surface area contributed by atoms with Gasteiger partial charge in [-0.3, -0.25) is 9.59 Å². The van der Waals surface area contributed by atoms with Crippen molar-refractivity contribution in [1.82, 2.24) is 4.57 Å². The Morgan fingerprint density at radius 2 is 1.67 bits per heavy atom. The molecule has 0 saturated carbocycles. The van der Waals surface area contributed by atoms with Gasteiger partial charge in [0.1, 0.15) is 0 Å². The van der Waals surface area contributed by atoms with Crippen molar-refractivity contribution in [2.24, 2.45) is 0 Å². The summed E-state index contributed by atoms with van der Waals surface area (Å²) in [6.45, 7) is 4.72. The van der Waals surface area contributed by atoms with E-state index < -0.39 is 0 Å². The average Bonchev–Trinajstić information content (AvgIpc) is 3.22. The normalized spacial score (nSPS) is 15.4. The first-order chi connectivity index (χ1) is 13.0. The molecule has 1 unspecified atom stereocenters. The van der Waals surface area contributed by atoms with Crippen LogP contribution in [0.3, 0.4) is 0 Å². The third-order valence-corrected chi connectivity index (χ3v) is 5.09. The SMILES string of the molecule is Cc1cc(C)cc(NC(=O)C2CCn3c(C(=O)c4ccccc4)ccc32)c1. The molecule has 0 saturated heterocycles. The predicted octanol–water partition coefficient (Wildman–Crippen LogP) is 4.46. The highest BCUT2D eigenvalue weighted by molar-refractivity contribution is 6.08. The van der Waals surface area contributed by atoms with Gasteiger partial charge in [0.15, 0.2) is 0 Å². The Morgan fingerprint density at radius 1 is 0.963 bits per heavy atom. The molecule has 0 radical (unpaired) electrons. The van der Waals surface area contributed by atoms with E-state index in [2.05, 4.69) is 11.4 Å². The number of carbonyl (C=O) groups excluding carboxylic acids is 2. The topological polar surface area (TPSA) is 51.1 Å². The summed E-state index contributed by atoms with van der Waals surface area (Å²) in [5.41, 5.74) is 5.30. The number of benzene rings is 2. The molecule has 1 atom stereocenters.